The van der Waals surface area contributed by atoms with Crippen LogP contribution in [0.15, 0.2) is 0 Å². The number of nitrogens with two attached hydrogens (primary N) is 1. The van der Waals surface area contributed by atoms with Gasteiger partial charge >= 0.3 is 0 Å². The van der Waals surface area contributed by atoms with Crippen LogP contribution in [0, 0.1) is 0 Å². The van der Waals surface area contributed by atoms with Gasteiger partial charge in [0.25, 0.3) is 0 Å². The molecule has 1 saturated heterocycles. The fourth-order valence-corrected chi connectivity index (χ4v) is 0.971. The Hall–Kier alpha value is -0.120. The third-order valence-corrected chi connectivity index (χ3v) is 1.66. The van der Waals surface area contributed by atoms with E-state index in [1.54, 1.807) is 7.11 Å². The predicted octanol–water partition coefficient (Wildman–Crippen LogP) is -0.251. The quantitative estimate of drug-likeness (QED) is 0.533. The summed E-state index contributed by atoms with van der Waals surface area (Å²) in [6, 6.07) is 0.170. The van der Waals surface area contributed by atoms with Crippen molar-refractivity contribution in [2.24, 2.45) is 5.73 Å². The largest absolute Gasteiger partial charge is 0.379 e. The third kappa shape index (κ3) is 1.64. The van der Waals surface area contributed by atoms with Crippen molar-refractivity contribution in [3.63, 3.8) is 0 Å². The van der Waals surface area contributed by atoms with Gasteiger partial charge in [0.2, 0.25) is 0 Å². The highest BCUT2D eigenvalue weighted by atomic mass is 16.5. The number of hydrogen-bond acceptors (Lipinski definition) is 3. The van der Waals surface area contributed by atoms with Gasteiger partial charge in [-0.2, -0.15) is 0 Å². The summed E-state index contributed by atoms with van der Waals surface area (Å²) >= 11 is 0. The number of methoxy groups -OCH3 is 1. The van der Waals surface area contributed by atoms with Crippen LogP contribution in [0.4, 0.5) is 0 Å². The lowest BCUT2D eigenvalue weighted by molar-refractivity contribution is -0.0411. The van der Waals surface area contributed by atoms with Crippen LogP contribution in [0.3, 0.4) is 0 Å². The van der Waals surface area contributed by atoms with Crippen LogP contribution in [-0.2, 0) is 9.47 Å². The molecule has 2 atom stereocenters. The highest BCUT2D eigenvalue weighted by Gasteiger charge is 2.21. The molecule has 1 fully saturated rings. The van der Waals surface area contributed by atoms with E-state index in [2.05, 4.69) is 0 Å². The average molecular weight is 131 g/mol. The first-order chi connectivity index (χ1) is 4.34. The van der Waals surface area contributed by atoms with Crippen molar-refractivity contribution >= 4 is 0 Å². The van der Waals surface area contributed by atoms with E-state index in [0.29, 0.717) is 6.61 Å². The smallest absolute Gasteiger partial charge is 0.0955 e. The Morgan fingerprint density at radius 3 is 2.89 bits per heavy atom. The van der Waals surface area contributed by atoms with E-state index in [0.717, 1.165) is 13.0 Å². The van der Waals surface area contributed by atoms with Crippen molar-refractivity contribution in [3.8, 4) is 0 Å². The molecule has 2 N–H and O–H groups in total. The van der Waals surface area contributed by atoms with E-state index in [-0.39, 0.29) is 12.1 Å². The van der Waals surface area contributed by atoms with Crippen LogP contribution in [0.1, 0.15) is 6.42 Å². The molecule has 1 heterocycles. The minimum atomic E-state index is 0.110. The van der Waals surface area contributed by atoms with Crippen molar-refractivity contribution < 1.29 is 9.47 Å². The summed E-state index contributed by atoms with van der Waals surface area (Å²) in [6.45, 7) is 1.43. The van der Waals surface area contributed by atoms with E-state index in [1.165, 1.54) is 0 Å². The SMILES string of the molecule is CO[C@H]1COCC[C@@H]1N. The fraction of sp³-hybridized carbons (Fsp3) is 1.00. The summed E-state index contributed by atoms with van der Waals surface area (Å²) < 4.78 is 10.2. The fourth-order valence-electron chi connectivity index (χ4n) is 0.971. The van der Waals surface area contributed by atoms with Gasteiger partial charge in [0.05, 0.1) is 12.7 Å². The van der Waals surface area contributed by atoms with Crippen molar-refractivity contribution in [3.05, 3.63) is 0 Å². The normalized spacial score (nSPS) is 36.7. The molecule has 0 amide bonds. The zero-order valence-electron chi connectivity index (χ0n) is 5.67. The Morgan fingerprint density at radius 2 is 2.44 bits per heavy atom. The Bertz CT molecular complexity index is 87.1. The Kier molecular flexibility index (Phi) is 2.45. The zero-order chi connectivity index (χ0) is 6.69. The Labute approximate surface area is 55.1 Å². The van der Waals surface area contributed by atoms with Gasteiger partial charge in [-0.25, -0.2) is 0 Å². The molecule has 0 saturated carbocycles. The number of hydrogen-bond donors (Lipinski definition) is 1. The van der Waals surface area contributed by atoms with Gasteiger partial charge < -0.3 is 15.2 Å². The zero-order valence-corrected chi connectivity index (χ0v) is 5.67. The van der Waals surface area contributed by atoms with Crippen LogP contribution in [-0.4, -0.2) is 32.5 Å². The lowest BCUT2D eigenvalue weighted by Crippen LogP contribution is -2.43. The lowest BCUT2D eigenvalue weighted by atomic mass is 10.1. The van der Waals surface area contributed by atoms with Gasteiger partial charge in [0, 0.05) is 19.8 Å². The van der Waals surface area contributed by atoms with Gasteiger partial charge in [-0.05, 0) is 6.42 Å². The van der Waals surface area contributed by atoms with Gasteiger partial charge in [0.1, 0.15) is 0 Å². The molecule has 54 valence electrons. The first-order valence-corrected chi connectivity index (χ1v) is 3.20. The molecular formula is C6H13NO2. The van der Waals surface area contributed by atoms with E-state index in [4.69, 9.17) is 15.2 Å². The second-order valence-corrected chi connectivity index (χ2v) is 2.30. The van der Waals surface area contributed by atoms with Crippen LogP contribution in [0.2, 0.25) is 0 Å². The summed E-state index contributed by atoms with van der Waals surface area (Å²) in [5, 5.41) is 0. The Balaban J connectivity index is 2.30. The molecule has 0 aromatic heterocycles. The highest BCUT2D eigenvalue weighted by Crippen LogP contribution is 2.07. The summed E-state index contributed by atoms with van der Waals surface area (Å²) in [5.41, 5.74) is 5.68. The molecule has 1 rings (SSSR count). The molecule has 1 aliphatic heterocycles. The number of ether oxygens (including phenoxy) is 2. The van der Waals surface area contributed by atoms with E-state index >= 15 is 0 Å². The molecule has 9 heavy (non-hydrogen) atoms. The van der Waals surface area contributed by atoms with Crippen LogP contribution in [0.25, 0.3) is 0 Å². The maximum Gasteiger partial charge on any atom is 0.0955 e. The maximum atomic E-state index is 5.68. The number of rotatable bonds is 1. The minimum Gasteiger partial charge on any atom is -0.379 e. The molecule has 3 heteroatoms. The summed E-state index contributed by atoms with van der Waals surface area (Å²) in [7, 11) is 1.67. The second kappa shape index (κ2) is 3.15. The Morgan fingerprint density at radius 1 is 1.67 bits per heavy atom. The van der Waals surface area contributed by atoms with Crippen molar-refractivity contribution in [1.82, 2.24) is 0 Å². The molecular weight excluding hydrogens is 118 g/mol. The van der Waals surface area contributed by atoms with Gasteiger partial charge in [0.15, 0.2) is 0 Å². The topological polar surface area (TPSA) is 44.5 Å². The molecule has 0 aromatic rings. The van der Waals surface area contributed by atoms with E-state index in [1.807, 2.05) is 0 Å². The van der Waals surface area contributed by atoms with Gasteiger partial charge in [-0.3, -0.25) is 0 Å². The van der Waals surface area contributed by atoms with E-state index in [9.17, 15) is 0 Å². The molecule has 0 radical (unpaired) electrons. The predicted molar refractivity (Wildman–Crippen MR) is 34.2 cm³/mol. The maximum absolute atomic E-state index is 5.68. The van der Waals surface area contributed by atoms with Gasteiger partial charge in [-0.1, -0.05) is 0 Å². The molecule has 1 aliphatic rings. The summed E-state index contributed by atoms with van der Waals surface area (Å²) in [5.74, 6) is 0. The first kappa shape index (κ1) is 6.99. The molecule has 0 aliphatic carbocycles. The second-order valence-electron chi connectivity index (χ2n) is 2.30. The first-order valence-electron chi connectivity index (χ1n) is 3.20. The molecule has 0 spiro atoms. The van der Waals surface area contributed by atoms with Crippen molar-refractivity contribution in [2.45, 2.75) is 18.6 Å². The highest BCUT2D eigenvalue weighted by molar-refractivity contribution is 4.75. The molecule has 0 unspecified atom stereocenters. The average Bonchev–Trinajstić information content (AvgIpc) is 1.89. The van der Waals surface area contributed by atoms with Crippen LogP contribution >= 0.6 is 0 Å². The summed E-state index contributed by atoms with van der Waals surface area (Å²) in [4.78, 5) is 0. The van der Waals surface area contributed by atoms with Crippen LogP contribution in [0.5, 0.6) is 0 Å². The molecule has 0 bridgehead atoms. The third-order valence-electron chi connectivity index (χ3n) is 1.66. The summed E-state index contributed by atoms with van der Waals surface area (Å²) in [6.07, 6.45) is 1.03. The monoisotopic (exact) mass is 131 g/mol. The van der Waals surface area contributed by atoms with Crippen molar-refractivity contribution in [1.29, 1.82) is 0 Å². The van der Waals surface area contributed by atoms with Crippen molar-refractivity contribution in [2.75, 3.05) is 20.3 Å². The molecule has 0 aromatic carbocycles. The minimum absolute atomic E-state index is 0.110. The van der Waals surface area contributed by atoms with Crippen LogP contribution < -0.4 is 5.73 Å². The van der Waals surface area contributed by atoms with E-state index < -0.39 is 0 Å². The van der Waals surface area contributed by atoms with Gasteiger partial charge in [-0.15, -0.1) is 0 Å². The lowest BCUT2D eigenvalue weighted by Gasteiger charge is -2.26. The standard InChI is InChI=1S/C6H13NO2/c1-8-6-4-9-3-2-5(6)7/h5-6H,2-4,7H2,1H3/t5-,6-/m0/s1. The molecule has 3 nitrogen and oxygen atoms in total.